The quantitative estimate of drug-likeness (QED) is 0.900. The highest BCUT2D eigenvalue weighted by atomic mass is 16.5. The predicted octanol–water partition coefficient (Wildman–Crippen LogP) is 4.00. The molecule has 112 valence electrons. The minimum absolute atomic E-state index is 0.616. The summed E-state index contributed by atoms with van der Waals surface area (Å²) in [6.45, 7) is 9.74. The molecule has 0 aliphatic rings. The number of aryl methyl sites for hydroxylation is 4. The van der Waals surface area contributed by atoms with Crippen LogP contribution in [0.1, 0.15) is 33.4 Å². The summed E-state index contributed by atoms with van der Waals surface area (Å²) in [6, 6.07) is 10.8. The Morgan fingerprint density at radius 1 is 0.905 bits per heavy atom. The molecule has 2 nitrogen and oxygen atoms in total. The van der Waals surface area contributed by atoms with Crippen LogP contribution in [0.5, 0.6) is 5.75 Å². The van der Waals surface area contributed by atoms with E-state index in [1.54, 1.807) is 0 Å². The summed E-state index contributed by atoms with van der Waals surface area (Å²) in [5, 5.41) is 0. The van der Waals surface area contributed by atoms with Gasteiger partial charge in [-0.2, -0.15) is 0 Å². The third kappa shape index (κ3) is 3.85. The number of hydrogen-bond acceptors (Lipinski definition) is 2. The molecule has 0 fully saturated rings. The second-order valence-corrected chi connectivity index (χ2v) is 5.82. The molecule has 0 saturated carbocycles. The van der Waals surface area contributed by atoms with Crippen molar-refractivity contribution >= 4 is 0 Å². The molecule has 0 unspecified atom stereocenters. The van der Waals surface area contributed by atoms with Crippen LogP contribution in [-0.2, 0) is 13.0 Å². The van der Waals surface area contributed by atoms with Gasteiger partial charge in [0.1, 0.15) is 12.4 Å². The Bertz CT molecular complexity index is 608. The summed E-state index contributed by atoms with van der Waals surface area (Å²) in [6.07, 6.45) is 0.916. The smallest absolute Gasteiger partial charge is 0.125 e. The van der Waals surface area contributed by atoms with E-state index in [-0.39, 0.29) is 0 Å². The first-order valence-electron chi connectivity index (χ1n) is 7.50. The van der Waals surface area contributed by atoms with Crippen LogP contribution in [0.2, 0.25) is 0 Å². The number of benzene rings is 2. The van der Waals surface area contributed by atoms with Crippen molar-refractivity contribution < 1.29 is 4.74 Å². The van der Waals surface area contributed by atoms with Gasteiger partial charge in [0.15, 0.2) is 0 Å². The average Bonchev–Trinajstić information content (AvgIpc) is 2.42. The largest absolute Gasteiger partial charge is 0.488 e. The van der Waals surface area contributed by atoms with Gasteiger partial charge in [-0.3, -0.25) is 0 Å². The maximum atomic E-state index is 6.09. The third-order valence-corrected chi connectivity index (χ3v) is 3.83. The molecule has 0 spiro atoms. The fraction of sp³-hybridized carbons (Fsp3) is 0.368. The van der Waals surface area contributed by atoms with E-state index >= 15 is 0 Å². The first-order valence-corrected chi connectivity index (χ1v) is 7.50. The van der Waals surface area contributed by atoms with E-state index in [9.17, 15) is 0 Å². The highest BCUT2D eigenvalue weighted by Crippen LogP contribution is 2.26. The van der Waals surface area contributed by atoms with Crippen LogP contribution in [0.15, 0.2) is 30.3 Å². The second-order valence-electron chi connectivity index (χ2n) is 5.82. The van der Waals surface area contributed by atoms with Crippen LogP contribution >= 0.6 is 0 Å². The van der Waals surface area contributed by atoms with E-state index in [1.807, 2.05) is 0 Å². The lowest BCUT2D eigenvalue weighted by atomic mass is 10.0. The van der Waals surface area contributed by atoms with Crippen LogP contribution in [0.3, 0.4) is 0 Å². The number of hydrogen-bond donors (Lipinski definition) is 1. The van der Waals surface area contributed by atoms with Crippen molar-refractivity contribution in [2.45, 2.75) is 40.7 Å². The number of nitrogens with two attached hydrogens (primary N) is 1. The molecule has 0 atom stereocenters. The van der Waals surface area contributed by atoms with Gasteiger partial charge in [0, 0.05) is 0 Å². The van der Waals surface area contributed by atoms with Crippen molar-refractivity contribution in [1.29, 1.82) is 0 Å². The van der Waals surface area contributed by atoms with Crippen LogP contribution < -0.4 is 10.5 Å². The first kappa shape index (κ1) is 15.6. The molecule has 2 N–H and O–H groups in total. The van der Waals surface area contributed by atoms with Crippen molar-refractivity contribution in [2.24, 2.45) is 5.73 Å². The molecule has 2 aromatic carbocycles. The topological polar surface area (TPSA) is 35.2 Å². The molecule has 0 saturated heterocycles. The fourth-order valence-electron chi connectivity index (χ4n) is 2.68. The zero-order valence-electron chi connectivity index (χ0n) is 13.5. The Morgan fingerprint density at radius 2 is 1.57 bits per heavy atom. The van der Waals surface area contributed by atoms with Crippen molar-refractivity contribution in [3.8, 4) is 5.75 Å². The second kappa shape index (κ2) is 6.77. The summed E-state index contributed by atoms with van der Waals surface area (Å²) >= 11 is 0. The lowest BCUT2D eigenvalue weighted by Gasteiger charge is -2.15. The van der Waals surface area contributed by atoms with E-state index in [0.29, 0.717) is 13.2 Å². The Hall–Kier alpha value is -1.80. The monoisotopic (exact) mass is 283 g/mol. The third-order valence-electron chi connectivity index (χ3n) is 3.83. The predicted molar refractivity (Wildman–Crippen MR) is 88.9 cm³/mol. The van der Waals surface area contributed by atoms with Crippen molar-refractivity contribution in [1.82, 2.24) is 0 Å². The first-order chi connectivity index (χ1) is 10.0. The molecular formula is C19H25NO. The lowest BCUT2D eigenvalue weighted by molar-refractivity contribution is 0.301. The van der Waals surface area contributed by atoms with Crippen LogP contribution in [0.25, 0.3) is 0 Å². The molecule has 2 rings (SSSR count). The van der Waals surface area contributed by atoms with E-state index in [2.05, 4.69) is 58.0 Å². The van der Waals surface area contributed by atoms with Gasteiger partial charge >= 0.3 is 0 Å². The van der Waals surface area contributed by atoms with Crippen molar-refractivity contribution in [3.05, 3.63) is 63.7 Å². The zero-order valence-corrected chi connectivity index (χ0v) is 13.5. The minimum atomic E-state index is 0.616. The normalized spacial score (nSPS) is 10.7. The maximum absolute atomic E-state index is 6.09. The average molecular weight is 283 g/mol. The number of rotatable bonds is 5. The molecule has 0 radical (unpaired) electrons. The van der Waals surface area contributed by atoms with Gasteiger partial charge in [0.25, 0.3) is 0 Å². The van der Waals surface area contributed by atoms with Gasteiger partial charge in [0.2, 0.25) is 0 Å². The zero-order chi connectivity index (χ0) is 15.4. The molecule has 21 heavy (non-hydrogen) atoms. The summed E-state index contributed by atoms with van der Waals surface area (Å²) in [5.74, 6) is 0.997. The van der Waals surface area contributed by atoms with Crippen molar-refractivity contribution in [2.75, 3.05) is 6.54 Å². The van der Waals surface area contributed by atoms with Gasteiger partial charge in [-0.15, -0.1) is 0 Å². The SMILES string of the molecule is Cc1ccc(C)c(COc2c(C)cc(CCN)cc2C)c1. The molecular weight excluding hydrogens is 258 g/mol. The van der Waals surface area contributed by atoms with Crippen molar-refractivity contribution in [3.63, 3.8) is 0 Å². The Balaban J connectivity index is 2.18. The van der Waals surface area contributed by atoms with E-state index in [1.165, 1.54) is 33.4 Å². The van der Waals surface area contributed by atoms with Gasteiger partial charge in [-0.25, -0.2) is 0 Å². The van der Waals surface area contributed by atoms with Gasteiger partial charge < -0.3 is 10.5 Å². The highest BCUT2D eigenvalue weighted by molar-refractivity contribution is 5.44. The summed E-state index contributed by atoms with van der Waals surface area (Å²) in [7, 11) is 0. The molecule has 0 heterocycles. The van der Waals surface area contributed by atoms with Crippen LogP contribution in [0.4, 0.5) is 0 Å². The van der Waals surface area contributed by atoms with Gasteiger partial charge in [-0.05, 0) is 68.5 Å². The lowest BCUT2D eigenvalue weighted by Crippen LogP contribution is -2.05. The Labute approximate surface area is 127 Å². The molecule has 0 aromatic heterocycles. The Kier molecular flexibility index (Phi) is 5.03. The fourth-order valence-corrected chi connectivity index (χ4v) is 2.68. The molecule has 2 aromatic rings. The summed E-state index contributed by atoms with van der Waals surface area (Å²) < 4.78 is 6.09. The Morgan fingerprint density at radius 3 is 2.19 bits per heavy atom. The molecule has 0 aliphatic heterocycles. The minimum Gasteiger partial charge on any atom is -0.488 e. The molecule has 0 bridgehead atoms. The van der Waals surface area contributed by atoms with E-state index in [0.717, 1.165) is 12.2 Å². The standard InChI is InChI=1S/C19H25NO/c1-13-5-6-14(2)18(9-13)12-21-19-15(3)10-17(7-8-20)11-16(19)4/h5-6,9-11H,7-8,12,20H2,1-4H3. The summed E-state index contributed by atoms with van der Waals surface area (Å²) in [4.78, 5) is 0. The molecule has 0 aliphatic carbocycles. The molecule has 0 amide bonds. The van der Waals surface area contributed by atoms with E-state index < -0.39 is 0 Å². The van der Waals surface area contributed by atoms with Crippen LogP contribution in [0, 0.1) is 27.7 Å². The number of ether oxygens (including phenoxy) is 1. The van der Waals surface area contributed by atoms with Crippen LogP contribution in [-0.4, -0.2) is 6.54 Å². The summed E-state index contributed by atoms with van der Waals surface area (Å²) in [5.41, 5.74) is 13.1. The van der Waals surface area contributed by atoms with E-state index in [4.69, 9.17) is 10.5 Å². The molecule has 2 heteroatoms. The maximum Gasteiger partial charge on any atom is 0.125 e. The van der Waals surface area contributed by atoms with Gasteiger partial charge in [0.05, 0.1) is 0 Å². The van der Waals surface area contributed by atoms with Gasteiger partial charge in [-0.1, -0.05) is 35.9 Å². The highest BCUT2D eigenvalue weighted by Gasteiger charge is 2.08.